The summed E-state index contributed by atoms with van der Waals surface area (Å²) >= 11 is 0. The lowest BCUT2D eigenvalue weighted by Gasteiger charge is -2.62. The Hall–Kier alpha value is -1.19. The molecule has 146 valence electrons. The highest BCUT2D eigenvalue weighted by Gasteiger charge is 2.61. The number of nitrogens with zero attached hydrogens (tertiary/aromatic N) is 1. The Bertz CT molecular complexity index is 746. The monoisotopic (exact) mass is 367 g/mol. The minimum absolute atomic E-state index is 0.155. The third-order valence-electron chi connectivity index (χ3n) is 9.21. The smallest absolute Gasteiger partial charge is 0.0577 e. The summed E-state index contributed by atoms with van der Waals surface area (Å²) in [6.45, 7) is 4.91. The lowest BCUT2D eigenvalue weighted by Crippen LogP contribution is -2.58. The largest absolute Gasteiger partial charge is 0.393 e. The minimum Gasteiger partial charge on any atom is -0.393 e. The molecule has 3 fully saturated rings. The van der Waals surface area contributed by atoms with Crippen LogP contribution in [0, 0.1) is 34.5 Å². The molecule has 0 aromatic carbocycles. The Balaban J connectivity index is 1.48. The average Bonchev–Trinajstić information content (AvgIpc) is 3.01. The van der Waals surface area contributed by atoms with Gasteiger partial charge in [-0.3, -0.25) is 4.98 Å². The lowest BCUT2D eigenvalue weighted by atomic mass is 9.44. The fourth-order valence-electron chi connectivity index (χ4n) is 7.74. The van der Waals surface area contributed by atoms with Crippen molar-refractivity contribution in [2.45, 2.75) is 71.0 Å². The summed E-state index contributed by atoms with van der Waals surface area (Å²) in [5, 5.41) is 21.4. The van der Waals surface area contributed by atoms with Crippen LogP contribution in [-0.2, 0) is 0 Å². The van der Waals surface area contributed by atoms with Crippen LogP contribution in [0.4, 0.5) is 0 Å². The second-order valence-electron chi connectivity index (χ2n) is 10.3. The van der Waals surface area contributed by atoms with Crippen molar-refractivity contribution >= 4 is 5.57 Å². The number of aliphatic hydroxyl groups is 2. The number of rotatable bonds is 1. The number of hydrogen-bond acceptors (Lipinski definition) is 3. The van der Waals surface area contributed by atoms with Crippen molar-refractivity contribution in [3.8, 4) is 0 Å². The summed E-state index contributed by atoms with van der Waals surface area (Å²) in [6, 6.07) is 4.22. The molecule has 0 spiro atoms. The molecule has 0 bridgehead atoms. The number of hydrogen-bond donors (Lipinski definition) is 2. The Morgan fingerprint density at radius 2 is 1.93 bits per heavy atom. The highest BCUT2D eigenvalue weighted by Crippen LogP contribution is 2.67. The lowest BCUT2D eigenvalue weighted by molar-refractivity contribution is -0.163. The van der Waals surface area contributed by atoms with Crippen molar-refractivity contribution in [3.05, 3.63) is 36.2 Å². The molecule has 27 heavy (non-hydrogen) atoms. The Kier molecular flexibility index (Phi) is 4.07. The van der Waals surface area contributed by atoms with E-state index < -0.39 is 0 Å². The summed E-state index contributed by atoms with van der Waals surface area (Å²) in [5.41, 5.74) is 3.16. The van der Waals surface area contributed by atoms with Crippen molar-refractivity contribution < 1.29 is 10.2 Å². The van der Waals surface area contributed by atoms with Crippen LogP contribution in [0.3, 0.4) is 0 Å². The van der Waals surface area contributed by atoms with Gasteiger partial charge in [0.05, 0.1) is 12.2 Å². The third kappa shape index (κ3) is 2.50. The molecule has 4 aliphatic rings. The van der Waals surface area contributed by atoms with Crippen LogP contribution in [0.25, 0.3) is 5.57 Å². The zero-order valence-corrected chi connectivity index (χ0v) is 16.6. The van der Waals surface area contributed by atoms with Crippen LogP contribution < -0.4 is 0 Å². The Morgan fingerprint density at radius 3 is 2.70 bits per heavy atom. The third-order valence-corrected chi connectivity index (χ3v) is 9.21. The summed E-state index contributed by atoms with van der Waals surface area (Å²) < 4.78 is 0. The number of aromatic nitrogens is 1. The van der Waals surface area contributed by atoms with Gasteiger partial charge in [-0.2, -0.15) is 0 Å². The highest BCUT2D eigenvalue weighted by molar-refractivity contribution is 5.72. The molecule has 0 aliphatic heterocycles. The van der Waals surface area contributed by atoms with E-state index >= 15 is 0 Å². The van der Waals surface area contributed by atoms with Crippen molar-refractivity contribution in [2.24, 2.45) is 34.5 Å². The van der Waals surface area contributed by atoms with Gasteiger partial charge in [-0.1, -0.05) is 26.0 Å². The first-order valence-electron chi connectivity index (χ1n) is 10.9. The van der Waals surface area contributed by atoms with Crippen molar-refractivity contribution in [1.82, 2.24) is 4.98 Å². The van der Waals surface area contributed by atoms with E-state index in [0.29, 0.717) is 29.1 Å². The van der Waals surface area contributed by atoms with Crippen LogP contribution in [-0.4, -0.2) is 27.4 Å². The molecule has 5 rings (SSSR count). The number of fused-ring (bicyclic) bond motifs is 5. The molecule has 8 atom stereocenters. The molecule has 1 heterocycles. The first kappa shape index (κ1) is 17.9. The fourth-order valence-corrected chi connectivity index (χ4v) is 7.74. The zero-order chi connectivity index (χ0) is 18.8. The van der Waals surface area contributed by atoms with Crippen molar-refractivity contribution in [2.75, 3.05) is 0 Å². The maximum Gasteiger partial charge on any atom is 0.0577 e. The second kappa shape index (κ2) is 6.15. The number of aliphatic hydroxyl groups excluding tert-OH is 2. The molecule has 1 aromatic rings. The normalized spacial score (nSPS) is 49.0. The quantitative estimate of drug-likeness (QED) is 0.771. The van der Waals surface area contributed by atoms with Gasteiger partial charge in [-0.15, -0.1) is 0 Å². The van der Waals surface area contributed by atoms with E-state index in [0.717, 1.165) is 32.1 Å². The SMILES string of the molecule is C[C@]12CCC(O)CC1CC(O)[C@@H]1[C@H]2CC[C@]2(C)C(c3cccnc3)=CC[C@@H]12. The van der Waals surface area contributed by atoms with Crippen molar-refractivity contribution in [3.63, 3.8) is 0 Å². The van der Waals surface area contributed by atoms with Gasteiger partial charge in [0.25, 0.3) is 0 Å². The Morgan fingerprint density at radius 1 is 1.07 bits per heavy atom. The van der Waals surface area contributed by atoms with Crippen LogP contribution in [0.15, 0.2) is 30.6 Å². The summed E-state index contributed by atoms with van der Waals surface area (Å²) in [4.78, 5) is 4.35. The molecule has 1 aromatic heterocycles. The van der Waals surface area contributed by atoms with Gasteiger partial charge in [0, 0.05) is 12.4 Å². The van der Waals surface area contributed by atoms with E-state index in [4.69, 9.17) is 0 Å². The second-order valence-corrected chi connectivity index (χ2v) is 10.3. The molecule has 2 N–H and O–H groups in total. The van der Waals surface area contributed by atoms with Crippen LogP contribution in [0.5, 0.6) is 0 Å². The van der Waals surface area contributed by atoms with E-state index in [1.54, 1.807) is 0 Å². The topological polar surface area (TPSA) is 53.4 Å². The van der Waals surface area contributed by atoms with Crippen LogP contribution in [0.2, 0.25) is 0 Å². The average molecular weight is 368 g/mol. The van der Waals surface area contributed by atoms with Gasteiger partial charge in [-0.25, -0.2) is 0 Å². The maximum absolute atomic E-state index is 11.2. The fraction of sp³-hybridized carbons (Fsp3) is 0.708. The Labute approximate surface area is 162 Å². The van der Waals surface area contributed by atoms with Gasteiger partial charge in [-0.05, 0) is 96.7 Å². The molecule has 3 heteroatoms. The highest BCUT2D eigenvalue weighted by atomic mass is 16.3. The van der Waals surface area contributed by atoms with Crippen molar-refractivity contribution in [1.29, 1.82) is 0 Å². The van der Waals surface area contributed by atoms with E-state index in [1.165, 1.54) is 24.0 Å². The maximum atomic E-state index is 11.2. The molecule has 0 saturated heterocycles. The van der Waals surface area contributed by atoms with Gasteiger partial charge >= 0.3 is 0 Å². The molecule has 3 unspecified atom stereocenters. The zero-order valence-electron chi connectivity index (χ0n) is 16.6. The minimum atomic E-state index is -0.218. The first-order valence-corrected chi connectivity index (χ1v) is 10.9. The van der Waals surface area contributed by atoms with E-state index in [-0.39, 0.29) is 17.6 Å². The summed E-state index contributed by atoms with van der Waals surface area (Å²) in [5.74, 6) is 2.00. The molecule has 0 radical (unpaired) electrons. The van der Waals surface area contributed by atoms with Crippen LogP contribution >= 0.6 is 0 Å². The number of allylic oxidation sites excluding steroid dienone is 2. The standard InChI is InChI=1S/C24H33NO2/c1-23-9-7-17(26)12-16(23)13-21(27)22-19-6-5-18(15-4-3-11-25-14-15)24(19,2)10-8-20(22)23/h3-5,11,14,16-17,19-22,26-27H,6-10,12-13H2,1-2H3/t16?,17?,19-,20+,21?,22-,23-,24+/m0/s1. The molecule has 3 nitrogen and oxygen atoms in total. The predicted molar refractivity (Wildman–Crippen MR) is 107 cm³/mol. The summed E-state index contributed by atoms with van der Waals surface area (Å²) in [7, 11) is 0. The molecule has 0 amide bonds. The van der Waals surface area contributed by atoms with E-state index in [9.17, 15) is 10.2 Å². The van der Waals surface area contributed by atoms with Crippen LogP contribution in [0.1, 0.15) is 64.4 Å². The summed E-state index contributed by atoms with van der Waals surface area (Å²) in [6.07, 6.45) is 13.2. The van der Waals surface area contributed by atoms with E-state index in [2.05, 4.69) is 31.0 Å². The molecular weight excluding hydrogens is 334 g/mol. The van der Waals surface area contributed by atoms with Gasteiger partial charge in [0.2, 0.25) is 0 Å². The molecule has 3 saturated carbocycles. The van der Waals surface area contributed by atoms with E-state index in [1.807, 2.05) is 18.5 Å². The van der Waals surface area contributed by atoms with Gasteiger partial charge in [0.1, 0.15) is 0 Å². The van der Waals surface area contributed by atoms with Gasteiger partial charge in [0.15, 0.2) is 0 Å². The van der Waals surface area contributed by atoms with Gasteiger partial charge < -0.3 is 10.2 Å². The number of pyridine rings is 1. The first-order chi connectivity index (χ1) is 12.9. The molecular formula is C24H33NO2. The molecule has 4 aliphatic carbocycles. The predicted octanol–water partition coefficient (Wildman–Crippen LogP) is 4.45.